The number of carboxylic acid groups (broad SMARTS) is 1. The molecular weight excluding hydrogens is 222 g/mol. The van der Waals surface area contributed by atoms with Crippen LogP contribution in [0.1, 0.15) is 32.1 Å². The molecule has 0 aromatic carbocycles. The first-order chi connectivity index (χ1) is 8.11. The number of nitrogens with zero attached hydrogens (tertiary/aromatic N) is 1. The maximum Gasteiger partial charge on any atom is 0.320 e. The number of aliphatic carboxylic acids is 1. The van der Waals surface area contributed by atoms with Gasteiger partial charge >= 0.3 is 5.97 Å². The van der Waals surface area contributed by atoms with Crippen LogP contribution in [0.25, 0.3) is 0 Å². The van der Waals surface area contributed by atoms with E-state index in [1.165, 1.54) is 0 Å². The number of rotatable bonds is 7. The summed E-state index contributed by atoms with van der Waals surface area (Å²) in [6, 6.07) is -0.801. The van der Waals surface area contributed by atoms with Gasteiger partial charge in [-0.2, -0.15) is 0 Å². The summed E-state index contributed by atoms with van der Waals surface area (Å²) in [5.41, 5.74) is 5.98. The van der Waals surface area contributed by atoms with Crippen LogP contribution in [0.2, 0.25) is 0 Å². The molecule has 6 nitrogen and oxygen atoms in total. The third-order valence-electron chi connectivity index (χ3n) is 2.68. The zero-order valence-corrected chi connectivity index (χ0v) is 9.82. The number of carbonyl (C=O) groups is 2. The fourth-order valence-corrected chi connectivity index (χ4v) is 1.64. The van der Waals surface area contributed by atoms with Crippen LogP contribution in [0.5, 0.6) is 0 Å². The Balaban J connectivity index is 2.04. The summed E-state index contributed by atoms with van der Waals surface area (Å²) in [7, 11) is 0. The lowest BCUT2D eigenvalue weighted by molar-refractivity contribution is -0.138. The van der Waals surface area contributed by atoms with Gasteiger partial charge in [-0.05, 0) is 32.1 Å². The van der Waals surface area contributed by atoms with Gasteiger partial charge in [-0.1, -0.05) is 0 Å². The molecule has 1 unspecified atom stereocenters. The Bertz CT molecular complexity index is 315. The number of hydrogen-bond acceptors (Lipinski definition) is 4. The van der Waals surface area contributed by atoms with Crippen LogP contribution in [-0.2, 0) is 9.59 Å². The van der Waals surface area contributed by atoms with Crippen LogP contribution < -0.4 is 11.1 Å². The number of carbonyl (C=O) groups excluding carboxylic acids is 1. The monoisotopic (exact) mass is 241 g/mol. The standard InChI is InChI=1S/C11H19N3O3/c12-8(11(16)17)4-1-2-6-14-10(15)9-5-3-7-13-9/h8H,1-7,12H2,(H,14,15)(H,16,17). The average Bonchev–Trinajstić information content (AvgIpc) is 2.81. The lowest BCUT2D eigenvalue weighted by Crippen LogP contribution is -2.32. The third kappa shape index (κ3) is 4.95. The molecule has 1 aliphatic heterocycles. The minimum absolute atomic E-state index is 0.0926. The van der Waals surface area contributed by atoms with E-state index in [1.807, 2.05) is 0 Å². The van der Waals surface area contributed by atoms with E-state index in [4.69, 9.17) is 10.8 Å². The van der Waals surface area contributed by atoms with E-state index in [1.54, 1.807) is 0 Å². The Morgan fingerprint density at radius 2 is 2.24 bits per heavy atom. The molecule has 1 rings (SSSR count). The van der Waals surface area contributed by atoms with Crippen molar-refractivity contribution in [2.45, 2.75) is 38.1 Å². The van der Waals surface area contributed by atoms with Gasteiger partial charge in [0, 0.05) is 13.1 Å². The van der Waals surface area contributed by atoms with Crippen LogP contribution in [-0.4, -0.2) is 41.8 Å². The molecule has 1 atom stereocenters. The normalized spacial score (nSPS) is 16.4. The number of nitrogens with one attached hydrogen (secondary N) is 1. The molecule has 1 amide bonds. The summed E-state index contributed by atoms with van der Waals surface area (Å²) in [5.74, 6) is -1.07. The lowest BCUT2D eigenvalue weighted by Gasteiger charge is -2.07. The van der Waals surface area contributed by atoms with E-state index in [0.717, 1.165) is 25.8 Å². The number of amides is 1. The quantitative estimate of drug-likeness (QED) is 0.542. The van der Waals surface area contributed by atoms with Crippen LogP contribution in [0.15, 0.2) is 4.99 Å². The van der Waals surface area contributed by atoms with Gasteiger partial charge in [-0.25, -0.2) is 0 Å². The van der Waals surface area contributed by atoms with Crippen LogP contribution in [0, 0.1) is 0 Å². The predicted molar refractivity (Wildman–Crippen MR) is 64.0 cm³/mol. The second kappa shape index (κ2) is 7.01. The van der Waals surface area contributed by atoms with Crippen molar-refractivity contribution in [3.8, 4) is 0 Å². The fourth-order valence-electron chi connectivity index (χ4n) is 1.64. The highest BCUT2D eigenvalue weighted by atomic mass is 16.4. The van der Waals surface area contributed by atoms with Crippen molar-refractivity contribution in [1.29, 1.82) is 0 Å². The minimum Gasteiger partial charge on any atom is -0.480 e. The van der Waals surface area contributed by atoms with Gasteiger partial charge < -0.3 is 16.2 Å². The van der Waals surface area contributed by atoms with E-state index in [2.05, 4.69) is 10.3 Å². The molecule has 0 aliphatic carbocycles. The smallest absolute Gasteiger partial charge is 0.320 e. The van der Waals surface area contributed by atoms with E-state index in [0.29, 0.717) is 25.1 Å². The van der Waals surface area contributed by atoms with Crippen molar-refractivity contribution in [1.82, 2.24) is 5.32 Å². The topological polar surface area (TPSA) is 105 Å². The SMILES string of the molecule is NC(CCCCNC(=O)C1=NCCC1)C(=O)O. The predicted octanol–water partition coefficient (Wildman–Crippen LogP) is -0.0804. The molecule has 0 radical (unpaired) electrons. The third-order valence-corrected chi connectivity index (χ3v) is 2.68. The second-order valence-electron chi connectivity index (χ2n) is 4.13. The molecule has 17 heavy (non-hydrogen) atoms. The van der Waals surface area contributed by atoms with Gasteiger partial charge in [0.25, 0.3) is 5.91 Å². The Labute approximate surface area is 100 Å². The van der Waals surface area contributed by atoms with Gasteiger partial charge in [-0.15, -0.1) is 0 Å². The first kappa shape index (κ1) is 13.6. The summed E-state index contributed by atoms with van der Waals surface area (Å²) < 4.78 is 0. The lowest BCUT2D eigenvalue weighted by atomic mass is 10.1. The number of unbranched alkanes of at least 4 members (excludes halogenated alkanes) is 1. The molecule has 4 N–H and O–H groups in total. The molecular formula is C11H19N3O3. The van der Waals surface area contributed by atoms with Crippen LogP contribution >= 0.6 is 0 Å². The van der Waals surface area contributed by atoms with E-state index in [9.17, 15) is 9.59 Å². The first-order valence-corrected chi connectivity index (χ1v) is 5.91. The van der Waals surface area contributed by atoms with E-state index >= 15 is 0 Å². The maximum absolute atomic E-state index is 11.5. The molecule has 0 saturated heterocycles. The Kier molecular flexibility index (Phi) is 5.62. The molecule has 0 saturated carbocycles. The number of nitrogens with two attached hydrogens (primary N) is 1. The van der Waals surface area contributed by atoms with Gasteiger partial charge in [0.1, 0.15) is 6.04 Å². The highest BCUT2D eigenvalue weighted by molar-refractivity contribution is 6.39. The number of carboxylic acids is 1. The molecule has 6 heteroatoms. The average molecular weight is 241 g/mol. The van der Waals surface area contributed by atoms with E-state index in [-0.39, 0.29) is 5.91 Å². The highest BCUT2D eigenvalue weighted by Crippen LogP contribution is 2.04. The summed E-state index contributed by atoms with van der Waals surface area (Å²) >= 11 is 0. The molecule has 96 valence electrons. The summed E-state index contributed by atoms with van der Waals surface area (Å²) in [6.07, 6.45) is 3.58. The van der Waals surface area contributed by atoms with Crippen LogP contribution in [0.4, 0.5) is 0 Å². The maximum atomic E-state index is 11.5. The number of hydrogen-bond donors (Lipinski definition) is 3. The van der Waals surface area contributed by atoms with Gasteiger partial charge in [-0.3, -0.25) is 14.6 Å². The molecule has 0 fully saturated rings. The Morgan fingerprint density at radius 3 is 2.82 bits per heavy atom. The Morgan fingerprint density at radius 1 is 1.47 bits per heavy atom. The molecule has 0 bridgehead atoms. The van der Waals surface area contributed by atoms with Crippen molar-refractivity contribution in [3.05, 3.63) is 0 Å². The summed E-state index contributed by atoms with van der Waals surface area (Å²) in [5, 5.41) is 11.3. The summed E-state index contributed by atoms with van der Waals surface area (Å²) in [6.45, 7) is 1.29. The summed E-state index contributed by atoms with van der Waals surface area (Å²) in [4.78, 5) is 26.0. The Hall–Kier alpha value is -1.43. The number of aliphatic imine (C=N–C) groups is 1. The molecule has 0 aromatic rings. The van der Waals surface area contributed by atoms with Gasteiger partial charge in [0.05, 0.1) is 5.71 Å². The van der Waals surface area contributed by atoms with Crippen molar-refractivity contribution in [2.24, 2.45) is 10.7 Å². The highest BCUT2D eigenvalue weighted by Gasteiger charge is 2.14. The second-order valence-corrected chi connectivity index (χ2v) is 4.13. The molecule has 1 heterocycles. The first-order valence-electron chi connectivity index (χ1n) is 5.91. The largest absolute Gasteiger partial charge is 0.480 e. The van der Waals surface area contributed by atoms with Crippen molar-refractivity contribution >= 4 is 17.6 Å². The van der Waals surface area contributed by atoms with Crippen LogP contribution in [0.3, 0.4) is 0 Å². The zero-order chi connectivity index (χ0) is 12.7. The fraction of sp³-hybridized carbons (Fsp3) is 0.727. The molecule has 0 spiro atoms. The van der Waals surface area contributed by atoms with Crippen molar-refractivity contribution in [3.63, 3.8) is 0 Å². The minimum atomic E-state index is -0.977. The van der Waals surface area contributed by atoms with Crippen molar-refractivity contribution in [2.75, 3.05) is 13.1 Å². The molecule has 1 aliphatic rings. The van der Waals surface area contributed by atoms with Crippen molar-refractivity contribution < 1.29 is 14.7 Å². The zero-order valence-electron chi connectivity index (χ0n) is 9.82. The van der Waals surface area contributed by atoms with E-state index < -0.39 is 12.0 Å². The molecule has 0 aromatic heterocycles. The van der Waals surface area contributed by atoms with Gasteiger partial charge in [0.15, 0.2) is 0 Å². The van der Waals surface area contributed by atoms with Gasteiger partial charge in [0.2, 0.25) is 0 Å².